The van der Waals surface area contributed by atoms with Gasteiger partial charge in [-0.05, 0) is 55.2 Å². The van der Waals surface area contributed by atoms with Gasteiger partial charge >= 0.3 is 5.97 Å². The summed E-state index contributed by atoms with van der Waals surface area (Å²) in [6.45, 7) is 7.72. The van der Waals surface area contributed by atoms with Gasteiger partial charge in [-0.3, -0.25) is 0 Å². The molecule has 0 unspecified atom stereocenters. The molecule has 0 saturated heterocycles. The topological polar surface area (TPSA) is 48.4 Å². The number of fused-ring (bicyclic) bond motifs is 1. The number of carbonyl (C=O) groups is 1. The Morgan fingerprint density at radius 3 is 2.54 bits per heavy atom. The number of hydrogen-bond acceptors (Lipinski definition) is 4. The molecule has 0 aliphatic carbocycles. The Bertz CT molecular complexity index is 1050. The molecule has 0 saturated carbocycles. The molecule has 0 N–H and O–H groups in total. The van der Waals surface area contributed by atoms with Gasteiger partial charge in [-0.2, -0.15) is 0 Å². The summed E-state index contributed by atoms with van der Waals surface area (Å²) in [7, 11) is 0. The lowest BCUT2D eigenvalue weighted by molar-refractivity contribution is -0.136. The second-order valence-corrected chi connectivity index (χ2v) is 7.79. The minimum absolute atomic E-state index is 0.187. The maximum absolute atomic E-state index is 12.5. The molecule has 0 aliphatic heterocycles. The molecule has 0 aliphatic rings. The van der Waals surface area contributed by atoms with Crippen molar-refractivity contribution in [2.24, 2.45) is 0 Å². The molecule has 3 aromatic rings. The first kappa shape index (κ1) is 20.4. The van der Waals surface area contributed by atoms with Gasteiger partial charge in [0.05, 0.1) is 10.0 Å². The summed E-state index contributed by atoms with van der Waals surface area (Å²) in [4.78, 5) is 16.9. The van der Waals surface area contributed by atoms with E-state index in [2.05, 4.69) is 18.8 Å². The number of rotatable bonds is 5. The smallest absolute Gasteiger partial charge is 0.349 e. The lowest BCUT2D eigenvalue weighted by Crippen LogP contribution is -2.19. The molecule has 3 rings (SSSR count). The summed E-state index contributed by atoms with van der Waals surface area (Å²) >= 11 is 12.5. The van der Waals surface area contributed by atoms with Gasteiger partial charge in [0.25, 0.3) is 0 Å². The van der Waals surface area contributed by atoms with Crippen LogP contribution in [-0.4, -0.2) is 17.6 Å². The number of carbonyl (C=O) groups excluding carboxylic acids is 1. The van der Waals surface area contributed by atoms with Crippen LogP contribution in [0.1, 0.15) is 36.6 Å². The van der Waals surface area contributed by atoms with E-state index in [9.17, 15) is 4.79 Å². The van der Waals surface area contributed by atoms with Crippen molar-refractivity contribution in [1.82, 2.24) is 4.98 Å². The minimum Gasteiger partial charge on any atom is -0.482 e. The number of aryl methyl sites for hydroxylation is 2. The van der Waals surface area contributed by atoms with Crippen LogP contribution in [0.2, 0.25) is 10.0 Å². The molecule has 4 nitrogen and oxygen atoms in total. The highest BCUT2D eigenvalue weighted by Gasteiger charge is 2.18. The van der Waals surface area contributed by atoms with Gasteiger partial charge in [-0.15, -0.1) is 0 Å². The highest BCUT2D eigenvalue weighted by molar-refractivity contribution is 6.39. The molecule has 2 aromatic carbocycles. The average Bonchev–Trinajstić information content (AvgIpc) is 2.63. The quantitative estimate of drug-likeness (QED) is 0.362. The molecule has 1 aromatic heterocycles. The van der Waals surface area contributed by atoms with Crippen LogP contribution in [0.3, 0.4) is 0 Å². The Morgan fingerprint density at radius 2 is 1.82 bits per heavy atom. The van der Waals surface area contributed by atoms with Crippen LogP contribution in [0, 0.1) is 13.8 Å². The Labute approximate surface area is 174 Å². The van der Waals surface area contributed by atoms with Crippen molar-refractivity contribution in [3.05, 3.63) is 63.3 Å². The number of benzene rings is 2. The third kappa shape index (κ3) is 4.40. The largest absolute Gasteiger partial charge is 0.482 e. The van der Waals surface area contributed by atoms with E-state index in [1.165, 1.54) is 0 Å². The predicted molar refractivity (Wildman–Crippen MR) is 113 cm³/mol. The summed E-state index contributed by atoms with van der Waals surface area (Å²) in [5, 5.41) is 1.34. The highest BCUT2D eigenvalue weighted by atomic mass is 35.5. The summed E-state index contributed by atoms with van der Waals surface area (Å²) in [5.74, 6) is 0.568. The molecule has 0 fully saturated rings. The van der Waals surface area contributed by atoms with Crippen molar-refractivity contribution in [1.29, 1.82) is 0 Å². The fourth-order valence-corrected chi connectivity index (χ4v) is 3.47. The average molecular weight is 418 g/mol. The second-order valence-electron chi connectivity index (χ2n) is 6.98. The van der Waals surface area contributed by atoms with Gasteiger partial charge in [0, 0.05) is 11.1 Å². The maximum Gasteiger partial charge on any atom is 0.349 e. The normalized spacial score (nSPS) is 11.1. The van der Waals surface area contributed by atoms with Crippen molar-refractivity contribution in [3.8, 4) is 11.5 Å². The van der Waals surface area contributed by atoms with Gasteiger partial charge in [0.2, 0.25) is 0 Å². The van der Waals surface area contributed by atoms with E-state index in [0.29, 0.717) is 21.7 Å². The molecule has 0 bridgehead atoms. The molecule has 6 heteroatoms. The van der Waals surface area contributed by atoms with E-state index in [0.717, 1.165) is 16.8 Å². The minimum atomic E-state index is -0.565. The summed E-state index contributed by atoms with van der Waals surface area (Å²) < 4.78 is 11.3. The van der Waals surface area contributed by atoms with Gasteiger partial charge in [0.1, 0.15) is 11.3 Å². The number of aromatic nitrogens is 1. The van der Waals surface area contributed by atoms with Crippen LogP contribution < -0.4 is 9.47 Å². The molecule has 0 radical (unpaired) electrons. The van der Waals surface area contributed by atoms with Gasteiger partial charge in [-0.1, -0.05) is 49.2 Å². The molecule has 0 atom stereocenters. The zero-order valence-electron chi connectivity index (χ0n) is 16.2. The Hall–Kier alpha value is -2.30. The van der Waals surface area contributed by atoms with Crippen molar-refractivity contribution < 1.29 is 14.3 Å². The number of esters is 1. The van der Waals surface area contributed by atoms with Crippen LogP contribution in [0.4, 0.5) is 0 Å². The number of hydrogen-bond donors (Lipinski definition) is 0. The Balaban J connectivity index is 1.83. The maximum atomic E-state index is 12.5. The Morgan fingerprint density at radius 1 is 1.07 bits per heavy atom. The van der Waals surface area contributed by atoms with Crippen LogP contribution in [0.5, 0.6) is 11.5 Å². The summed E-state index contributed by atoms with van der Waals surface area (Å²) in [5.41, 5.74) is 3.30. The van der Waals surface area contributed by atoms with E-state index in [1.54, 1.807) is 6.07 Å². The predicted octanol–water partition coefficient (Wildman–Crippen LogP) is 6.27. The van der Waals surface area contributed by atoms with Crippen LogP contribution in [0.15, 0.2) is 36.4 Å². The zero-order chi connectivity index (χ0) is 20.4. The van der Waals surface area contributed by atoms with Crippen molar-refractivity contribution in [2.45, 2.75) is 33.6 Å². The van der Waals surface area contributed by atoms with E-state index in [1.807, 2.05) is 44.2 Å². The standard InChI is InChI=1S/C22H21Cl2NO3/c1-12(2)15-7-5-13(3)9-19(15)27-11-20(26)28-22-18(24)10-17(23)16-8-6-14(4)25-21(16)22/h5-10,12H,11H2,1-4H3. The van der Waals surface area contributed by atoms with Gasteiger partial charge in [-0.25, -0.2) is 9.78 Å². The summed E-state index contributed by atoms with van der Waals surface area (Å²) in [6, 6.07) is 11.2. The van der Waals surface area contributed by atoms with Crippen LogP contribution in [-0.2, 0) is 4.79 Å². The van der Waals surface area contributed by atoms with Crippen molar-refractivity contribution in [3.63, 3.8) is 0 Å². The first-order valence-electron chi connectivity index (χ1n) is 8.95. The second kappa shape index (κ2) is 8.38. The summed E-state index contributed by atoms with van der Waals surface area (Å²) in [6.07, 6.45) is 0. The molecule has 146 valence electrons. The van der Waals surface area contributed by atoms with E-state index >= 15 is 0 Å². The lowest BCUT2D eigenvalue weighted by Gasteiger charge is -2.15. The fraction of sp³-hybridized carbons (Fsp3) is 0.273. The molecule has 28 heavy (non-hydrogen) atoms. The molecular formula is C22H21Cl2NO3. The molecular weight excluding hydrogens is 397 g/mol. The molecule has 0 spiro atoms. The SMILES string of the molecule is Cc1ccc(C(C)C)c(OCC(=O)Oc2c(Cl)cc(Cl)c3ccc(C)nc23)c1. The van der Waals surface area contributed by atoms with Gasteiger partial charge in [0.15, 0.2) is 12.4 Å². The Kier molecular flexibility index (Phi) is 6.11. The van der Waals surface area contributed by atoms with E-state index < -0.39 is 5.97 Å². The number of nitrogens with zero attached hydrogens (tertiary/aromatic N) is 1. The molecule has 1 heterocycles. The third-order valence-electron chi connectivity index (χ3n) is 4.33. The van der Waals surface area contributed by atoms with Crippen LogP contribution in [0.25, 0.3) is 10.9 Å². The monoisotopic (exact) mass is 417 g/mol. The van der Waals surface area contributed by atoms with E-state index in [4.69, 9.17) is 32.7 Å². The zero-order valence-corrected chi connectivity index (χ0v) is 17.7. The first-order chi connectivity index (χ1) is 13.3. The van der Waals surface area contributed by atoms with E-state index in [-0.39, 0.29) is 23.3 Å². The number of halogens is 2. The fourth-order valence-electron chi connectivity index (χ4n) is 2.91. The molecule has 0 amide bonds. The lowest BCUT2D eigenvalue weighted by atomic mass is 10.0. The van der Waals surface area contributed by atoms with Crippen molar-refractivity contribution in [2.75, 3.05) is 6.61 Å². The number of ether oxygens (including phenoxy) is 2. The number of pyridine rings is 1. The van der Waals surface area contributed by atoms with Crippen LogP contribution >= 0.6 is 23.2 Å². The third-order valence-corrected chi connectivity index (χ3v) is 4.92. The van der Waals surface area contributed by atoms with Gasteiger partial charge < -0.3 is 9.47 Å². The first-order valence-corrected chi connectivity index (χ1v) is 9.71. The van der Waals surface area contributed by atoms with Crippen molar-refractivity contribution >= 4 is 40.1 Å². The highest BCUT2D eigenvalue weighted by Crippen LogP contribution is 2.37.